The Morgan fingerprint density at radius 3 is 2.54 bits per heavy atom. The lowest BCUT2D eigenvalue weighted by molar-refractivity contribution is -0.271. The Balaban J connectivity index is 2.53. The minimum Gasteiger partial charge on any atom is -0.478 e. The van der Waals surface area contributed by atoms with Crippen LogP contribution in [0.2, 0.25) is 18.1 Å². The van der Waals surface area contributed by atoms with Gasteiger partial charge in [-0.05, 0) is 44.8 Å². The lowest BCUT2D eigenvalue weighted by Gasteiger charge is -2.45. The fourth-order valence-electron chi connectivity index (χ4n) is 2.56. The van der Waals surface area contributed by atoms with Crippen molar-refractivity contribution in [2.45, 2.75) is 103 Å². The fourth-order valence-corrected chi connectivity index (χ4v) is 3.96. The van der Waals surface area contributed by atoms with E-state index in [0.717, 1.165) is 6.08 Å². The molecule has 0 aliphatic carbocycles. The van der Waals surface area contributed by atoms with Crippen LogP contribution in [0, 0.1) is 0 Å². The van der Waals surface area contributed by atoms with Crippen molar-refractivity contribution in [1.82, 2.24) is 0 Å². The van der Waals surface area contributed by atoms with Crippen LogP contribution in [0.5, 0.6) is 0 Å². The molecule has 6 nitrogen and oxygen atoms in total. The van der Waals surface area contributed by atoms with Crippen LogP contribution in [0.4, 0.5) is 0 Å². The van der Waals surface area contributed by atoms with E-state index in [4.69, 9.17) is 19.0 Å². The van der Waals surface area contributed by atoms with E-state index in [1.165, 1.54) is 0 Å². The molecule has 1 unspecified atom stereocenters. The summed E-state index contributed by atoms with van der Waals surface area (Å²) in [5.74, 6) is -0.953. The molecule has 1 aliphatic heterocycles. The predicted octanol–water partition coefficient (Wildman–Crippen LogP) is 3.70. The van der Waals surface area contributed by atoms with Crippen molar-refractivity contribution in [2.75, 3.05) is 0 Å². The molecule has 0 aromatic heterocycles. The van der Waals surface area contributed by atoms with E-state index < -0.39 is 26.7 Å². The summed E-state index contributed by atoms with van der Waals surface area (Å²) in [4.78, 5) is 10.5. The molecule has 1 heterocycles. The maximum Gasteiger partial charge on any atom is 0.327 e. The van der Waals surface area contributed by atoms with Gasteiger partial charge in [-0.15, -0.1) is 0 Å². The van der Waals surface area contributed by atoms with Gasteiger partial charge < -0.3 is 24.1 Å². The normalized spacial score (nSPS) is 29.1. The quantitative estimate of drug-likeness (QED) is 0.487. The summed E-state index contributed by atoms with van der Waals surface area (Å²) in [5.41, 5.74) is 0. The number of rotatable bonds is 8. The molecule has 2 N–H and O–H groups in total. The smallest absolute Gasteiger partial charge is 0.327 e. The Morgan fingerprint density at radius 1 is 1.38 bits per heavy atom. The molecule has 1 fully saturated rings. The Labute approximate surface area is 158 Å². The zero-order valence-corrected chi connectivity index (χ0v) is 18.2. The van der Waals surface area contributed by atoms with Gasteiger partial charge in [0.1, 0.15) is 6.10 Å². The van der Waals surface area contributed by atoms with Crippen LogP contribution >= 0.6 is 0 Å². The van der Waals surface area contributed by atoms with Gasteiger partial charge in [0, 0.05) is 12.5 Å². The molecule has 0 radical (unpaired) electrons. The number of ether oxygens (including phenoxy) is 2. The molecule has 1 aliphatic rings. The Hall–Kier alpha value is -0.733. The second-order valence-corrected chi connectivity index (χ2v) is 13.5. The summed E-state index contributed by atoms with van der Waals surface area (Å²) in [7, 11) is -1.94. The number of carboxylic acids is 1. The first-order valence-corrected chi connectivity index (χ1v) is 12.3. The molecule has 26 heavy (non-hydrogen) atoms. The van der Waals surface area contributed by atoms with Gasteiger partial charge >= 0.3 is 5.97 Å². The maximum absolute atomic E-state index is 10.5. The number of hydrogen-bond donors (Lipinski definition) is 2. The molecule has 0 aromatic rings. The highest BCUT2D eigenvalue weighted by Gasteiger charge is 2.44. The number of hydrogen-bond acceptors (Lipinski definition) is 5. The van der Waals surface area contributed by atoms with Crippen LogP contribution in [0.15, 0.2) is 12.2 Å². The van der Waals surface area contributed by atoms with Gasteiger partial charge in [0.05, 0.1) is 18.3 Å². The number of aliphatic carboxylic acids is 1. The minimum atomic E-state index is -1.94. The van der Waals surface area contributed by atoms with E-state index in [9.17, 15) is 9.90 Å². The molecule has 152 valence electrons. The number of carboxylic acid groups (broad SMARTS) is 1. The van der Waals surface area contributed by atoms with Gasteiger partial charge in [-0.2, -0.15) is 0 Å². The van der Waals surface area contributed by atoms with E-state index in [0.29, 0.717) is 19.3 Å². The zero-order valence-electron chi connectivity index (χ0n) is 17.2. The van der Waals surface area contributed by atoms with Crippen LogP contribution in [0.25, 0.3) is 0 Å². The first-order valence-electron chi connectivity index (χ1n) is 9.39. The minimum absolute atomic E-state index is 0.100. The molecule has 0 saturated carbocycles. The van der Waals surface area contributed by atoms with E-state index in [1.54, 1.807) is 6.08 Å². The molecular formula is C19H36O6Si. The SMILES string of the molecule is C[C@H](CC/C=C/C(=O)O)O[C@@H]1O[C@@H](C)C(O[Si](C)(C)C(C)(C)C)C[C@H]1O. The second kappa shape index (κ2) is 9.46. The van der Waals surface area contributed by atoms with Crippen LogP contribution in [0.1, 0.15) is 53.9 Å². The van der Waals surface area contributed by atoms with Crippen molar-refractivity contribution < 1.29 is 28.9 Å². The van der Waals surface area contributed by atoms with E-state index in [1.807, 2.05) is 13.8 Å². The summed E-state index contributed by atoms with van der Waals surface area (Å²) >= 11 is 0. The Bertz CT molecular complexity index is 485. The van der Waals surface area contributed by atoms with Gasteiger partial charge in [-0.1, -0.05) is 26.8 Å². The molecule has 1 rings (SSSR count). The van der Waals surface area contributed by atoms with Crippen molar-refractivity contribution in [3.05, 3.63) is 12.2 Å². The lowest BCUT2D eigenvalue weighted by Crippen LogP contribution is -2.54. The number of aliphatic hydroxyl groups is 1. The van der Waals surface area contributed by atoms with Crippen molar-refractivity contribution >= 4 is 14.3 Å². The molecule has 0 spiro atoms. The van der Waals surface area contributed by atoms with Crippen LogP contribution < -0.4 is 0 Å². The monoisotopic (exact) mass is 388 g/mol. The summed E-state index contributed by atoms with van der Waals surface area (Å²) in [6, 6.07) is 0. The van der Waals surface area contributed by atoms with Crippen LogP contribution in [0.3, 0.4) is 0 Å². The van der Waals surface area contributed by atoms with Crippen molar-refractivity contribution in [3.63, 3.8) is 0 Å². The third-order valence-electron chi connectivity index (χ3n) is 5.28. The lowest BCUT2D eigenvalue weighted by atomic mass is 10.0. The van der Waals surface area contributed by atoms with Gasteiger partial charge in [0.2, 0.25) is 0 Å². The fraction of sp³-hybridized carbons (Fsp3) is 0.842. The highest BCUT2D eigenvalue weighted by Crippen LogP contribution is 2.39. The summed E-state index contributed by atoms with van der Waals surface area (Å²) in [6.45, 7) is 14.8. The van der Waals surface area contributed by atoms with Gasteiger partial charge in [0.15, 0.2) is 14.6 Å². The molecule has 5 atom stereocenters. The number of aliphatic hydroxyl groups excluding tert-OH is 1. The van der Waals surface area contributed by atoms with E-state index in [-0.39, 0.29) is 23.4 Å². The zero-order chi connectivity index (χ0) is 20.1. The summed E-state index contributed by atoms with van der Waals surface area (Å²) in [5, 5.41) is 19.1. The third kappa shape index (κ3) is 7.11. The first-order chi connectivity index (χ1) is 11.8. The maximum atomic E-state index is 10.5. The van der Waals surface area contributed by atoms with Gasteiger partial charge in [-0.25, -0.2) is 4.79 Å². The van der Waals surface area contributed by atoms with Crippen molar-refractivity contribution in [1.29, 1.82) is 0 Å². The topological polar surface area (TPSA) is 85.2 Å². The van der Waals surface area contributed by atoms with E-state index in [2.05, 4.69) is 33.9 Å². The molecule has 0 amide bonds. The average molecular weight is 389 g/mol. The number of allylic oxidation sites excluding steroid dienone is 1. The summed E-state index contributed by atoms with van der Waals surface area (Å²) in [6.07, 6.45) is 2.63. The van der Waals surface area contributed by atoms with Crippen LogP contribution in [-0.4, -0.2) is 55.2 Å². The Kier molecular flexibility index (Phi) is 8.48. The average Bonchev–Trinajstić information content (AvgIpc) is 2.47. The molecule has 0 bridgehead atoms. The van der Waals surface area contributed by atoms with Crippen molar-refractivity contribution in [2.24, 2.45) is 0 Å². The highest BCUT2D eigenvalue weighted by atomic mass is 28.4. The molecule has 7 heteroatoms. The standard InChI is InChI=1S/C19H36O6Si/c1-13(10-8-9-11-17(21)22)23-18-15(20)12-16(14(2)24-18)25-26(6,7)19(3,4)5/h9,11,13-16,18,20H,8,10,12H2,1-7H3,(H,21,22)/b11-9+/t13-,14+,15-,16?,18-/m1/s1. The molecular weight excluding hydrogens is 352 g/mol. The number of carbonyl (C=O) groups is 1. The molecule has 0 aromatic carbocycles. The first kappa shape index (κ1) is 23.3. The second-order valence-electron chi connectivity index (χ2n) is 8.69. The van der Waals surface area contributed by atoms with Crippen molar-refractivity contribution in [3.8, 4) is 0 Å². The largest absolute Gasteiger partial charge is 0.478 e. The van der Waals surface area contributed by atoms with Gasteiger partial charge in [0.25, 0.3) is 0 Å². The van der Waals surface area contributed by atoms with Crippen LogP contribution in [-0.2, 0) is 18.7 Å². The Morgan fingerprint density at radius 2 is 2.00 bits per heavy atom. The van der Waals surface area contributed by atoms with Gasteiger partial charge in [-0.3, -0.25) is 0 Å². The van der Waals surface area contributed by atoms with E-state index >= 15 is 0 Å². The third-order valence-corrected chi connectivity index (χ3v) is 9.78. The summed E-state index contributed by atoms with van der Waals surface area (Å²) < 4.78 is 18.1. The molecule has 1 saturated heterocycles. The highest BCUT2D eigenvalue weighted by molar-refractivity contribution is 6.74. The predicted molar refractivity (Wildman–Crippen MR) is 104 cm³/mol.